The van der Waals surface area contributed by atoms with Crippen molar-refractivity contribution in [1.29, 1.82) is 0 Å². The molecule has 1 aromatic rings. The minimum absolute atomic E-state index is 0.0838. The van der Waals surface area contributed by atoms with Gasteiger partial charge in [0.1, 0.15) is 30.4 Å². The van der Waals surface area contributed by atoms with Crippen molar-refractivity contribution in [1.82, 2.24) is 0 Å². The molecule has 19 heavy (non-hydrogen) atoms. The first-order chi connectivity index (χ1) is 8.91. The highest BCUT2D eigenvalue weighted by Gasteiger charge is 2.38. The van der Waals surface area contributed by atoms with Crippen LogP contribution in [0.4, 0.5) is 13.2 Å². The summed E-state index contributed by atoms with van der Waals surface area (Å²) in [6, 6.07) is 4.28. The van der Waals surface area contributed by atoms with E-state index in [1.807, 2.05) is 0 Å². The molecule has 1 unspecified atom stereocenters. The fourth-order valence-corrected chi connectivity index (χ4v) is 1.53. The van der Waals surface area contributed by atoms with Crippen molar-refractivity contribution in [3.63, 3.8) is 0 Å². The second kappa shape index (κ2) is 4.96. The number of aliphatic hydroxyl groups excluding tert-OH is 1. The zero-order valence-corrected chi connectivity index (χ0v) is 9.52. The molecule has 1 aliphatic rings. The van der Waals surface area contributed by atoms with Gasteiger partial charge in [0.05, 0.1) is 0 Å². The molecule has 104 valence electrons. The Kier molecular flexibility index (Phi) is 3.52. The fourth-order valence-electron chi connectivity index (χ4n) is 1.53. The van der Waals surface area contributed by atoms with Crippen molar-refractivity contribution >= 4 is 5.71 Å². The molecule has 8 heteroatoms. The third-order valence-corrected chi connectivity index (χ3v) is 2.53. The van der Waals surface area contributed by atoms with Crippen LogP contribution in [-0.2, 0) is 0 Å². The van der Waals surface area contributed by atoms with Crippen molar-refractivity contribution in [2.45, 2.75) is 12.3 Å². The van der Waals surface area contributed by atoms with E-state index in [4.69, 9.17) is 19.8 Å². The Bertz CT molecular complexity index is 501. The van der Waals surface area contributed by atoms with E-state index in [1.54, 1.807) is 0 Å². The lowest BCUT2D eigenvalue weighted by molar-refractivity contribution is -0.210. The number of nitrogens with zero attached hydrogens (tertiary/aromatic N) is 1. The molecule has 0 saturated heterocycles. The average molecular weight is 277 g/mol. The van der Waals surface area contributed by atoms with Gasteiger partial charge < -0.3 is 19.8 Å². The second-order valence-corrected chi connectivity index (χ2v) is 3.86. The average Bonchev–Trinajstić information content (AvgIpc) is 2.76. The normalized spacial score (nSPS) is 18.0. The summed E-state index contributed by atoms with van der Waals surface area (Å²) in [6.45, 7) is -0.816. The van der Waals surface area contributed by atoms with Crippen LogP contribution in [-0.4, -0.2) is 41.5 Å². The molecule has 0 bridgehead atoms. The van der Waals surface area contributed by atoms with E-state index in [9.17, 15) is 13.2 Å². The molecular formula is C11H10F3NO4. The van der Waals surface area contributed by atoms with Crippen molar-refractivity contribution in [3.05, 3.63) is 23.8 Å². The Labute approximate surface area is 105 Å². The summed E-state index contributed by atoms with van der Waals surface area (Å²) in [6.07, 6.45) is -7.26. The van der Waals surface area contributed by atoms with Crippen molar-refractivity contribution in [2.75, 3.05) is 13.2 Å². The molecule has 0 aliphatic carbocycles. The van der Waals surface area contributed by atoms with Gasteiger partial charge in [0.2, 0.25) is 0 Å². The summed E-state index contributed by atoms with van der Waals surface area (Å²) in [5.74, 6) is 0.480. The molecule has 0 radical (unpaired) electrons. The minimum atomic E-state index is -4.72. The van der Waals surface area contributed by atoms with Gasteiger partial charge >= 0.3 is 6.18 Å². The molecule has 0 fully saturated rings. The predicted molar refractivity (Wildman–Crippen MR) is 57.8 cm³/mol. The van der Waals surface area contributed by atoms with Crippen molar-refractivity contribution < 1.29 is 33.0 Å². The molecule has 1 atom stereocenters. The van der Waals surface area contributed by atoms with Crippen LogP contribution in [0.25, 0.3) is 0 Å². The maximum atomic E-state index is 12.1. The Morgan fingerprint density at radius 3 is 2.79 bits per heavy atom. The third-order valence-electron chi connectivity index (χ3n) is 2.53. The SMILES string of the molecule is ON=C1COc2cc(OCC(O)C(F)(F)F)ccc21. The molecule has 0 saturated carbocycles. The highest BCUT2D eigenvalue weighted by Crippen LogP contribution is 2.30. The second-order valence-electron chi connectivity index (χ2n) is 3.86. The lowest BCUT2D eigenvalue weighted by Crippen LogP contribution is -2.34. The number of hydrogen-bond acceptors (Lipinski definition) is 5. The number of ether oxygens (including phenoxy) is 2. The van der Waals surface area contributed by atoms with Gasteiger partial charge in [-0.1, -0.05) is 5.16 Å². The summed E-state index contributed by atoms with van der Waals surface area (Å²) >= 11 is 0. The third kappa shape index (κ3) is 2.90. The van der Waals surface area contributed by atoms with Crippen LogP contribution in [0.15, 0.2) is 23.4 Å². The smallest absolute Gasteiger partial charge is 0.417 e. The molecule has 1 aromatic carbocycles. The lowest BCUT2D eigenvalue weighted by atomic mass is 10.1. The standard InChI is InChI=1S/C11H10F3NO4/c12-11(13,14)10(16)5-18-6-1-2-7-8(15-17)4-19-9(7)3-6/h1-3,10,16-17H,4-5H2. The first-order valence-corrected chi connectivity index (χ1v) is 5.27. The largest absolute Gasteiger partial charge is 0.490 e. The number of hydrogen-bond donors (Lipinski definition) is 2. The highest BCUT2D eigenvalue weighted by molar-refractivity contribution is 6.05. The summed E-state index contributed by atoms with van der Waals surface area (Å²) in [4.78, 5) is 0. The van der Waals surface area contributed by atoms with Gasteiger partial charge in [0.25, 0.3) is 0 Å². The van der Waals surface area contributed by atoms with Gasteiger partial charge in [-0.3, -0.25) is 0 Å². The molecule has 5 nitrogen and oxygen atoms in total. The van der Waals surface area contributed by atoms with Crippen LogP contribution in [0.1, 0.15) is 5.56 Å². The lowest BCUT2D eigenvalue weighted by Gasteiger charge is -2.15. The number of halogens is 3. The maximum absolute atomic E-state index is 12.1. The van der Waals surface area contributed by atoms with E-state index in [-0.39, 0.29) is 12.4 Å². The summed E-state index contributed by atoms with van der Waals surface area (Å²) in [5, 5.41) is 20.5. The molecule has 0 aromatic heterocycles. The maximum Gasteiger partial charge on any atom is 0.417 e. The van der Waals surface area contributed by atoms with Crippen LogP contribution in [0.5, 0.6) is 11.5 Å². The molecule has 1 aliphatic heterocycles. The number of benzene rings is 1. The monoisotopic (exact) mass is 277 g/mol. The molecule has 0 amide bonds. The van der Waals surface area contributed by atoms with Crippen LogP contribution in [0.3, 0.4) is 0 Å². The quantitative estimate of drug-likeness (QED) is 0.649. The number of oxime groups is 1. The molecule has 2 N–H and O–H groups in total. The fraction of sp³-hybridized carbons (Fsp3) is 0.364. The summed E-state index contributed by atoms with van der Waals surface area (Å²) < 4.78 is 46.2. The van der Waals surface area contributed by atoms with Gasteiger partial charge in [-0.25, -0.2) is 0 Å². The molecule has 1 heterocycles. The Morgan fingerprint density at radius 2 is 2.16 bits per heavy atom. The Morgan fingerprint density at radius 1 is 1.42 bits per heavy atom. The zero-order chi connectivity index (χ0) is 14.0. The minimum Gasteiger partial charge on any atom is -0.490 e. The predicted octanol–water partition coefficient (Wildman–Crippen LogP) is 1.56. The van der Waals surface area contributed by atoms with Crippen LogP contribution < -0.4 is 9.47 Å². The van der Waals surface area contributed by atoms with E-state index in [1.165, 1.54) is 18.2 Å². The highest BCUT2D eigenvalue weighted by atomic mass is 19.4. The number of aliphatic hydroxyl groups is 1. The van der Waals surface area contributed by atoms with E-state index >= 15 is 0 Å². The first kappa shape index (κ1) is 13.5. The number of fused-ring (bicyclic) bond motifs is 1. The number of rotatable bonds is 3. The molecule has 0 spiro atoms. The van der Waals surface area contributed by atoms with Crippen LogP contribution >= 0.6 is 0 Å². The van der Waals surface area contributed by atoms with Gasteiger partial charge in [-0.05, 0) is 12.1 Å². The van der Waals surface area contributed by atoms with E-state index in [0.29, 0.717) is 17.0 Å². The van der Waals surface area contributed by atoms with Gasteiger partial charge in [-0.2, -0.15) is 13.2 Å². The van der Waals surface area contributed by atoms with Crippen molar-refractivity contribution in [2.24, 2.45) is 5.16 Å². The topological polar surface area (TPSA) is 71.3 Å². The molecular weight excluding hydrogens is 267 g/mol. The van der Waals surface area contributed by atoms with Crippen LogP contribution in [0, 0.1) is 0 Å². The summed E-state index contributed by atoms with van der Waals surface area (Å²) in [7, 11) is 0. The first-order valence-electron chi connectivity index (χ1n) is 5.27. The van der Waals surface area contributed by atoms with Crippen LogP contribution in [0.2, 0.25) is 0 Å². The van der Waals surface area contributed by atoms with Crippen molar-refractivity contribution in [3.8, 4) is 11.5 Å². The van der Waals surface area contributed by atoms with Gasteiger partial charge in [0, 0.05) is 11.6 Å². The Hall–Kier alpha value is -1.96. The van der Waals surface area contributed by atoms with E-state index in [0.717, 1.165) is 0 Å². The number of alkyl halides is 3. The van der Waals surface area contributed by atoms with Gasteiger partial charge in [-0.15, -0.1) is 0 Å². The van der Waals surface area contributed by atoms with E-state index in [2.05, 4.69) is 5.16 Å². The Balaban J connectivity index is 2.04. The van der Waals surface area contributed by atoms with E-state index < -0.39 is 18.9 Å². The molecule has 2 rings (SSSR count). The van der Waals surface area contributed by atoms with Gasteiger partial charge in [0.15, 0.2) is 6.10 Å². The zero-order valence-electron chi connectivity index (χ0n) is 9.52. The summed E-state index contributed by atoms with van der Waals surface area (Å²) in [5.41, 5.74) is 0.878.